The first-order chi connectivity index (χ1) is 13.1. The van der Waals surface area contributed by atoms with E-state index in [4.69, 9.17) is 0 Å². The van der Waals surface area contributed by atoms with Gasteiger partial charge in [-0.1, -0.05) is 31.0 Å². The van der Waals surface area contributed by atoms with Crippen LogP contribution in [0.25, 0.3) is 16.7 Å². The fraction of sp³-hybridized carbons (Fsp3) is 0.450. The number of anilines is 1. The van der Waals surface area contributed by atoms with E-state index in [1.165, 1.54) is 25.7 Å². The van der Waals surface area contributed by atoms with Gasteiger partial charge in [0.15, 0.2) is 5.65 Å². The van der Waals surface area contributed by atoms with Crippen molar-refractivity contribution in [2.24, 2.45) is 5.41 Å². The lowest BCUT2D eigenvalue weighted by Gasteiger charge is -2.32. The second kappa shape index (κ2) is 7.15. The number of H-pyrrole nitrogens is 1. The Hall–Kier alpha value is -2.67. The molecule has 0 radical (unpaired) electrons. The normalized spacial score (nSPS) is 16.3. The molecule has 1 saturated carbocycles. The molecule has 0 aliphatic heterocycles. The first kappa shape index (κ1) is 17.7. The highest BCUT2D eigenvalue weighted by Gasteiger charge is 2.34. The second-order valence-electron chi connectivity index (χ2n) is 7.84. The highest BCUT2D eigenvalue weighted by Crippen LogP contribution is 2.38. The van der Waals surface area contributed by atoms with Crippen LogP contribution in [0.15, 0.2) is 41.3 Å². The zero-order valence-electron chi connectivity index (χ0n) is 15.9. The van der Waals surface area contributed by atoms with Gasteiger partial charge in [0.25, 0.3) is 5.56 Å². The van der Waals surface area contributed by atoms with Crippen LogP contribution in [0.5, 0.6) is 0 Å². The van der Waals surface area contributed by atoms with Gasteiger partial charge in [0.1, 0.15) is 5.39 Å². The van der Waals surface area contributed by atoms with Crippen LogP contribution in [0.2, 0.25) is 0 Å². The van der Waals surface area contributed by atoms with Crippen LogP contribution in [-0.4, -0.2) is 51.8 Å². The summed E-state index contributed by atoms with van der Waals surface area (Å²) in [7, 11) is 4.23. The summed E-state index contributed by atoms with van der Waals surface area (Å²) in [5.74, 6) is 0.509. The average molecular weight is 366 g/mol. The maximum absolute atomic E-state index is 12.5. The number of hydrogen-bond donors (Lipinski definition) is 2. The quantitative estimate of drug-likeness (QED) is 0.701. The molecule has 3 aromatic rings. The van der Waals surface area contributed by atoms with Crippen molar-refractivity contribution < 1.29 is 0 Å². The SMILES string of the molecule is CN(C)CC1(CNc2nc3c(cnn3-c3ccccc3)c(=O)[nH]2)CCCC1. The summed E-state index contributed by atoms with van der Waals surface area (Å²) in [5.41, 5.74) is 1.52. The molecule has 2 heterocycles. The first-order valence-corrected chi connectivity index (χ1v) is 9.48. The van der Waals surface area contributed by atoms with Crippen molar-refractivity contribution in [1.29, 1.82) is 0 Å². The first-order valence-electron chi connectivity index (χ1n) is 9.48. The molecule has 0 atom stereocenters. The van der Waals surface area contributed by atoms with Crippen molar-refractivity contribution in [2.75, 3.05) is 32.5 Å². The standard InChI is InChI=1S/C20H26N6O/c1-25(2)14-20(10-6-7-11-20)13-21-19-23-17-16(18(27)24-19)12-22-26(17)15-8-4-3-5-9-15/h3-5,8-9,12H,6-7,10-11,13-14H2,1-2H3,(H2,21,23,24,27). The van der Waals surface area contributed by atoms with Crippen molar-refractivity contribution in [3.63, 3.8) is 0 Å². The van der Waals surface area contributed by atoms with Gasteiger partial charge < -0.3 is 10.2 Å². The zero-order chi connectivity index (χ0) is 18.9. The molecule has 0 spiro atoms. The van der Waals surface area contributed by atoms with Crippen LogP contribution in [0, 0.1) is 5.41 Å². The molecule has 0 unspecified atom stereocenters. The zero-order valence-corrected chi connectivity index (χ0v) is 15.9. The molecule has 1 aromatic carbocycles. The molecular weight excluding hydrogens is 340 g/mol. The van der Waals surface area contributed by atoms with Crippen molar-refractivity contribution in [1.82, 2.24) is 24.6 Å². The summed E-state index contributed by atoms with van der Waals surface area (Å²) < 4.78 is 1.71. The monoisotopic (exact) mass is 366 g/mol. The Kier molecular flexibility index (Phi) is 4.70. The number of aromatic nitrogens is 4. The summed E-state index contributed by atoms with van der Waals surface area (Å²) in [4.78, 5) is 22.3. The van der Waals surface area contributed by atoms with Gasteiger partial charge in [-0.25, -0.2) is 4.68 Å². The molecule has 2 N–H and O–H groups in total. The third kappa shape index (κ3) is 3.60. The Morgan fingerprint density at radius 3 is 2.67 bits per heavy atom. The van der Waals surface area contributed by atoms with Gasteiger partial charge >= 0.3 is 0 Å². The molecule has 7 nitrogen and oxygen atoms in total. The third-order valence-corrected chi connectivity index (χ3v) is 5.39. The molecule has 142 valence electrons. The van der Waals surface area contributed by atoms with Crippen LogP contribution in [0.3, 0.4) is 0 Å². The molecule has 0 amide bonds. The van der Waals surface area contributed by atoms with E-state index in [0.717, 1.165) is 18.8 Å². The molecular formula is C20H26N6O. The number of nitrogens with zero attached hydrogens (tertiary/aromatic N) is 4. The maximum Gasteiger partial charge on any atom is 0.263 e. The predicted octanol–water partition coefficient (Wildman–Crippen LogP) is 2.64. The number of benzene rings is 1. The number of rotatable bonds is 6. The lowest BCUT2D eigenvalue weighted by atomic mass is 9.85. The van der Waals surface area contributed by atoms with E-state index < -0.39 is 0 Å². The van der Waals surface area contributed by atoms with Gasteiger partial charge in [0.2, 0.25) is 5.95 Å². The van der Waals surface area contributed by atoms with Crippen LogP contribution >= 0.6 is 0 Å². The Bertz CT molecular complexity index is 969. The molecule has 1 aliphatic carbocycles. The number of nitrogens with one attached hydrogen (secondary N) is 2. The topological polar surface area (TPSA) is 78.8 Å². The van der Waals surface area contributed by atoms with Gasteiger partial charge in [-0.3, -0.25) is 9.78 Å². The van der Waals surface area contributed by atoms with Crippen LogP contribution in [0.4, 0.5) is 5.95 Å². The van der Waals surface area contributed by atoms with Crippen molar-refractivity contribution in [3.8, 4) is 5.69 Å². The van der Waals surface area contributed by atoms with E-state index in [-0.39, 0.29) is 11.0 Å². The number of fused-ring (bicyclic) bond motifs is 1. The Labute approximate surface area is 158 Å². The fourth-order valence-corrected chi connectivity index (χ4v) is 4.22. The smallest absolute Gasteiger partial charge is 0.263 e. The van der Waals surface area contributed by atoms with E-state index in [2.05, 4.69) is 39.4 Å². The van der Waals surface area contributed by atoms with Gasteiger partial charge in [0.05, 0.1) is 11.9 Å². The van der Waals surface area contributed by atoms with Crippen LogP contribution in [0.1, 0.15) is 25.7 Å². The van der Waals surface area contributed by atoms with Crippen LogP contribution < -0.4 is 10.9 Å². The minimum atomic E-state index is -0.169. The summed E-state index contributed by atoms with van der Waals surface area (Å²) in [6.07, 6.45) is 6.50. The third-order valence-electron chi connectivity index (χ3n) is 5.39. The number of hydrogen-bond acceptors (Lipinski definition) is 5. The summed E-state index contributed by atoms with van der Waals surface area (Å²) >= 11 is 0. The van der Waals surface area contributed by atoms with Crippen LogP contribution in [-0.2, 0) is 0 Å². The van der Waals surface area contributed by atoms with Gasteiger partial charge in [-0.2, -0.15) is 10.1 Å². The van der Waals surface area contributed by atoms with E-state index in [1.807, 2.05) is 30.3 Å². The Morgan fingerprint density at radius 1 is 1.22 bits per heavy atom. The van der Waals surface area contributed by atoms with Gasteiger partial charge in [0, 0.05) is 18.5 Å². The Balaban J connectivity index is 1.64. The molecule has 1 aliphatic rings. The average Bonchev–Trinajstić information content (AvgIpc) is 3.28. The lowest BCUT2D eigenvalue weighted by molar-refractivity contribution is 0.215. The number of aromatic amines is 1. The summed E-state index contributed by atoms with van der Waals surface area (Å²) in [6.45, 7) is 1.84. The van der Waals surface area contributed by atoms with Crippen molar-refractivity contribution in [2.45, 2.75) is 25.7 Å². The largest absolute Gasteiger partial charge is 0.355 e. The number of para-hydroxylation sites is 1. The fourth-order valence-electron chi connectivity index (χ4n) is 4.22. The van der Waals surface area contributed by atoms with E-state index in [0.29, 0.717) is 17.0 Å². The van der Waals surface area contributed by atoms with Gasteiger partial charge in [-0.15, -0.1) is 0 Å². The van der Waals surface area contributed by atoms with Gasteiger partial charge in [-0.05, 0) is 39.1 Å². The maximum atomic E-state index is 12.5. The molecule has 1 fully saturated rings. The second-order valence-corrected chi connectivity index (χ2v) is 7.84. The minimum Gasteiger partial charge on any atom is -0.355 e. The van der Waals surface area contributed by atoms with Crippen molar-refractivity contribution in [3.05, 3.63) is 46.9 Å². The van der Waals surface area contributed by atoms with E-state index >= 15 is 0 Å². The summed E-state index contributed by atoms with van der Waals surface area (Å²) in [5, 5.41) is 8.25. The molecule has 2 aromatic heterocycles. The lowest BCUT2D eigenvalue weighted by Crippen LogP contribution is -2.37. The van der Waals surface area contributed by atoms with E-state index in [1.54, 1.807) is 10.9 Å². The summed E-state index contributed by atoms with van der Waals surface area (Å²) in [6, 6.07) is 9.74. The molecule has 4 rings (SSSR count). The highest BCUT2D eigenvalue weighted by molar-refractivity contribution is 5.76. The predicted molar refractivity (Wildman–Crippen MR) is 107 cm³/mol. The molecule has 0 saturated heterocycles. The minimum absolute atomic E-state index is 0.169. The highest BCUT2D eigenvalue weighted by atomic mass is 16.1. The molecule has 27 heavy (non-hydrogen) atoms. The molecule has 0 bridgehead atoms. The Morgan fingerprint density at radius 2 is 1.96 bits per heavy atom. The van der Waals surface area contributed by atoms with E-state index in [9.17, 15) is 4.79 Å². The van der Waals surface area contributed by atoms with Crippen molar-refractivity contribution >= 4 is 17.0 Å². The molecule has 7 heteroatoms.